The number of halogens is 1. The molecule has 2 atom stereocenters. The van der Waals surface area contributed by atoms with Crippen molar-refractivity contribution < 1.29 is 4.79 Å². The van der Waals surface area contributed by atoms with E-state index >= 15 is 0 Å². The summed E-state index contributed by atoms with van der Waals surface area (Å²) < 4.78 is 0. The molecule has 0 spiro atoms. The van der Waals surface area contributed by atoms with E-state index in [4.69, 9.17) is 0 Å². The molecule has 5 nitrogen and oxygen atoms in total. The smallest absolute Gasteiger partial charge is 0.243 e. The second-order valence-corrected chi connectivity index (χ2v) is 7.48. The molecule has 0 aliphatic carbocycles. The quantitative estimate of drug-likeness (QED) is 0.407. The maximum absolute atomic E-state index is 11.9. The molecule has 1 aromatic rings. The summed E-state index contributed by atoms with van der Waals surface area (Å²) in [4.78, 5) is 20.4. The summed E-state index contributed by atoms with van der Waals surface area (Å²) in [6.45, 7) is 8.66. The Bertz CT molecular complexity index is 605. The van der Waals surface area contributed by atoms with Crippen LogP contribution in [-0.4, -0.2) is 61.4 Å². The number of likely N-dealkylation sites (tertiary alicyclic amines) is 1. The van der Waals surface area contributed by atoms with Gasteiger partial charge in [0.25, 0.3) is 0 Å². The van der Waals surface area contributed by atoms with Gasteiger partial charge < -0.3 is 15.1 Å². The molecule has 1 aliphatic heterocycles. The third-order valence-electron chi connectivity index (χ3n) is 5.09. The highest BCUT2D eigenvalue weighted by Gasteiger charge is 2.36. The Labute approximate surface area is 175 Å². The maximum atomic E-state index is 11.9. The van der Waals surface area contributed by atoms with Gasteiger partial charge >= 0.3 is 0 Å². The number of guanidine groups is 1. The van der Waals surface area contributed by atoms with E-state index in [2.05, 4.69) is 66.3 Å². The second-order valence-electron chi connectivity index (χ2n) is 7.48. The SMILES string of the molecule is CCC(C)NC(=NCC(=O)N(C)C)N1CCC(C)(c2ccccc2)C1.I. The van der Waals surface area contributed by atoms with Crippen LogP contribution in [0.5, 0.6) is 0 Å². The zero-order valence-corrected chi connectivity index (χ0v) is 19.0. The van der Waals surface area contributed by atoms with Crippen LogP contribution in [0.1, 0.15) is 39.2 Å². The molecule has 0 bridgehead atoms. The first-order valence-corrected chi connectivity index (χ1v) is 9.17. The molecule has 1 aromatic carbocycles. The highest BCUT2D eigenvalue weighted by atomic mass is 127. The minimum Gasteiger partial charge on any atom is -0.354 e. The molecular formula is C20H33IN4O. The molecule has 1 N–H and O–H groups in total. The number of carbonyl (C=O) groups excluding carboxylic acids is 1. The van der Waals surface area contributed by atoms with Gasteiger partial charge in [-0.15, -0.1) is 24.0 Å². The summed E-state index contributed by atoms with van der Waals surface area (Å²) in [6.07, 6.45) is 2.10. The van der Waals surface area contributed by atoms with Crippen LogP contribution in [0.4, 0.5) is 0 Å². The zero-order valence-electron chi connectivity index (χ0n) is 16.7. The summed E-state index contributed by atoms with van der Waals surface area (Å²) in [5.74, 6) is 0.873. The Morgan fingerprint density at radius 3 is 2.58 bits per heavy atom. The van der Waals surface area contributed by atoms with E-state index < -0.39 is 0 Å². The summed E-state index contributed by atoms with van der Waals surface area (Å²) in [5, 5.41) is 3.50. The van der Waals surface area contributed by atoms with Gasteiger partial charge in [0.15, 0.2) is 5.96 Å². The van der Waals surface area contributed by atoms with E-state index in [-0.39, 0.29) is 41.8 Å². The van der Waals surface area contributed by atoms with E-state index in [1.165, 1.54) is 5.56 Å². The second kappa shape index (κ2) is 10.1. The molecule has 2 unspecified atom stereocenters. The van der Waals surface area contributed by atoms with E-state index in [0.29, 0.717) is 6.04 Å². The lowest BCUT2D eigenvalue weighted by Crippen LogP contribution is -2.45. The topological polar surface area (TPSA) is 47.9 Å². The summed E-state index contributed by atoms with van der Waals surface area (Å²) >= 11 is 0. The Kier molecular flexibility index (Phi) is 8.86. The fraction of sp³-hybridized carbons (Fsp3) is 0.600. The van der Waals surface area contributed by atoms with Gasteiger partial charge in [0.05, 0.1) is 0 Å². The van der Waals surface area contributed by atoms with Gasteiger partial charge in [-0.3, -0.25) is 4.79 Å². The van der Waals surface area contributed by atoms with Crippen LogP contribution in [0.25, 0.3) is 0 Å². The normalized spacial score (nSPS) is 21.1. The molecule has 0 aromatic heterocycles. The Balaban J connectivity index is 0.00000338. The van der Waals surface area contributed by atoms with E-state index in [0.717, 1.165) is 31.9 Å². The van der Waals surface area contributed by atoms with Gasteiger partial charge in [0.1, 0.15) is 6.54 Å². The Hall–Kier alpha value is -1.31. The van der Waals surface area contributed by atoms with Crippen LogP contribution in [-0.2, 0) is 10.2 Å². The van der Waals surface area contributed by atoms with Gasteiger partial charge in [0.2, 0.25) is 5.91 Å². The van der Waals surface area contributed by atoms with Crippen molar-refractivity contribution in [3.8, 4) is 0 Å². The third-order valence-corrected chi connectivity index (χ3v) is 5.09. The first kappa shape index (κ1) is 22.7. The van der Waals surface area contributed by atoms with Crippen LogP contribution < -0.4 is 5.32 Å². The minimum absolute atomic E-state index is 0. The number of rotatable bonds is 5. The van der Waals surface area contributed by atoms with Gasteiger partial charge in [-0.05, 0) is 25.3 Å². The van der Waals surface area contributed by atoms with Crippen molar-refractivity contribution in [2.24, 2.45) is 4.99 Å². The number of nitrogens with zero attached hydrogens (tertiary/aromatic N) is 3. The molecule has 1 aliphatic rings. The number of benzene rings is 1. The first-order valence-electron chi connectivity index (χ1n) is 9.17. The molecule has 0 saturated carbocycles. The fourth-order valence-corrected chi connectivity index (χ4v) is 3.06. The molecule has 0 radical (unpaired) electrons. The summed E-state index contributed by atoms with van der Waals surface area (Å²) in [6, 6.07) is 11.0. The van der Waals surface area contributed by atoms with Crippen molar-refractivity contribution in [1.29, 1.82) is 0 Å². The maximum Gasteiger partial charge on any atom is 0.243 e. The van der Waals surface area contributed by atoms with Crippen molar-refractivity contribution in [2.45, 2.75) is 45.1 Å². The molecule has 1 saturated heterocycles. The van der Waals surface area contributed by atoms with Gasteiger partial charge in [0, 0.05) is 38.6 Å². The monoisotopic (exact) mass is 472 g/mol. The molecule has 1 amide bonds. The average molecular weight is 472 g/mol. The lowest BCUT2D eigenvalue weighted by molar-refractivity contribution is -0.127. The number of hydrogen-bond acceptors (Lipinski definition) is 2. The van der Waals surface area contributed by atoms with E-state index in [1.807, 2.05) is 0 Å². The van der Waals surface area contributed by atoms with E-state index in [9.17, 15) is 4.79 Å². The number of likely N-dealkylation sites (N-methyl/N-ethyl adjacent to an activating group) is 1. The largest absolute Gasteiger partial charge is 0.354 e. The van der Waals surface area contributed by atoms with Crippen LogP contribution in [0, 0.1) is 0 Å². The Morgan fingerprint density at radius 1 is 1.35 bits per heavy atom. The van der Waals surface area contributed by atoms with Crippen LogP contribution in [0.2, 0.25) is 0 Å². The molecular weight excluding hydrogens is 439 g/mol. The molecule has 1 fully saturated rings. The molecule has 146 valence electrons. The van der Waals surface area contributed by atoms with Crippen molar-refractivity contribution in [3.05, 3.63) is 35.9 Å². The summed E-state index contributed by atoms with van der Waals surface area (Å²) in [7, 11) is 3.53. The lowest BCUT2D eigenvalue weighted by atomic mass is 9.82. The van der Waals surface area contributed by atoms with Crippen LogP contribution >= 0.6 is 24.0 Å². The molecule has 1 heterocycles. The number of amides is 1. The fourth-order valence-electron chi connectivity index (χ4n) is 3.06. The van der Waals surface area contributed by atoms with Gasteiger partial charge in [-0.2, -0.15) is 0 Å². The van der Waals surface area contributed by atoms with Crippen molar-refractivity contribution >= 4 is 35.8 Å². The lowest BCUT2D eigenvalue weighted by Gasteiger charge is -2.28. The predicted octanol–water partition coefficient (Wildman–Crippen LogP) is 3.10. The van der Waals surface area contributed by atoms with Gasteiger partial charge in [-0.25, -0.2) is 4.99 Å². The summed E-state index contributed by atoms with van der Waals surface area (Å²) in [5.41, 5.74) is 1.48. The van der Waals surface area contributed by atoms with Crippen molar-refractivity contribution in [2.75, 3.05) is 33.7 Å². The third kappa shape index (κ3) is 5.86. The molecule has 26 heavy (non-hydrogen) atoms. The zero-order chi connectivity index (χ0) is 18.4. The van der Waals surface area contributed by atoms with E-state index in [1.54, 1.807) is 19.0 Å². The van der Waals surface area contributed by atoms with Gasteiger partial charge in [-0.1, -0.05) is 44.2 Å². The number of carbonyl (C=O) groups is 1. The van der Waals surface area contributed by atoms with Crippen molar-refractivity contribution in [1.82, 2.24) is 15.1 Å². The standard InChI is InChI=1S/C20H32N4O.HI/c1-6-16(2)22-19(21-14-18(25)23(4)5)24-13-12-20(3,15-24)17-10-8-7-9-11-17;/h7-11,16H,6,12-15H2,1-5H3,(H,21,22);1H. The molecule has 6 heteroatoms. The minimum atomic E-state index is 0. The van der Waals surface area contributed by atoms with Crippen LogP contribution in [0.15, 0.2) is 35.3 Å². The highest BCUT2D eigenvalue weighted by Crippen LogP contribution is 2.34. The molecule has 2 rings (SSSR count). The highest BCUT2D eigenvalue weighted by molar-refractivity contribution is 14.0. The van der Waals surface area contributed by atoms with Crippen LogP contribution in [0.3, 0.4) is 0 Å². The average Bonchev–Trinajstić information content (AvgIpc) is 3.02. The predicted molar refractivity (Wildman–Crippen MR) is 119 cm³/mol. The number of nitrogens with one attached hydrogen (secondary N) is 1. The number of hydrogen-bond donors (Lipinski definition) is 1. The number of aliphatic imine (C=N–C) groups is 1. The Morgan fingerprint density at radius 2 is 2.00 bits per heavy atom. The van der Waals surface area contributed by atoms with Crippen molar-refractivity contribution in [3.63, 3.8) is 0 Å². The first-order chi connectivity index (χ1) is 11.9.